The Morgan fingerprint density at radius 2 is 2.32 bits per heavy atom. The molecule has 2 fully saturated rings. The lowest BCUT2D eigenvalue weighted by Gasteiger charge is -2.38. The quantitative estimate of drug-likeness (QED) is 0.833. The summed E-state index contributed by atoms with van der Waals surface area (Å²) < 4.78 is 13.3. The van der Waals surface area contributed by atoms with Crippen molar-refractivity contribution in [2.24, 2.45) is 0 Å². The van der Waals surface area contributed by atoms with E-state index in [9.17, 15) is 5.11 Å². The van der Waals surface area contributed by atoms with Gasteiger partial charge in [0.25, 0.3) is 0 Å². The lowest BCUT2D eigenvalue weighted by atomic mass is 9.96. The molecule has 2 aromatic rings. The molecule has 2 aliphatic rings. The molecule has 22 heavy (non-hydrogen) atoms. The molecule has 116 valence electrons. The van der Waals surface area contributed by atoms with Crippen LogP contribution in [0.1, 0.15) is 11.6 Å². The number of fused-ring (bicyclic) bond motifs is 2. The van der Waals surface area contributed by atoms with E-state index in [1.54, 1.807) is 17.1 Å². The van der Waals surface area contributed by atoms with E-state index in [0.29, 0.717) is 13.2 Å². The molecule has 2 bridgehead atoms. The van der Waals surface area contributed by atoms with Crippen molar-refractivity contribution in [1.82, 2.24) is 20.1 Å². The smallest absolute Gasteiger partial charge is 0.183 e. The van der Waals surface area contributed by atoms with Crippen molar-refractivity contribution in [3.8, 4) is 0 Å². The van der Waals surface area contributed by atoms with Gasteiger partial charge in [-0.15, -0.1) is 0 Å². The number of nitrogens with one attached hydrogen (secondary N) is 1. The monoisotopic (exact) mass is 302 g/mol. The first kappa shape index (κ1) is 13.8. The number of hydrogen-bond acceptors (Lipinski definition) is 6. The van der Waals surface area contributed by atoms with Gasteiger partial charge in [0.1, 0.15) is 12.1 Å². The molecule has 0 aromatic carbocycles. The molecule has 4 heterocycles. The number of ether oxygens (including phenoxy) is 2. The number of aliphatic hydroxyl groups is 1. The van der Waals surface area contributed by atoms with E-state index >= 15 is 0 Å². The highest BCUT2D eigenvalue weighted by Crippen LogP contribution is 2.35. The van der Waals surface area contributed by atoms with E-state index < -0.39 is 12.4 Å². The molecule has 0 aliphatic carbocycles. The molecule has 2 aromatic heterocycles. The third-order valence-corrected chi connectivity index (χ3v) is 4.23. The first-order chi connectivity index (χ1) is 10.8. The first-order valence-corrected chi connectivity index (χ1v) is 7.39. The summed E-state index contributed by atoms with van der Waals surface area (Å²) in [6, 6.07) is 5.15. The second-order valence-corrected chi connectivity index (χ2v) is 5.61. The topological polar surface area (TPSA) is 81.4 Å². The van der Waals surface area contributed by atoms with E-state index in [0.717, 1.165) is 5.56 Å². The number of hydrogen-bond donors (Lipinski definition) is 2. The zero-order chi connectivity index (χ0) is 14.9. The number of aromatic nitrogens is 3. The molecular formula is C15H18N4O3. The van der Waals surface area contributed by atoms with Gasteiger partial charge >= 0.3 is 0 Å². The highest BCUT2D eigenvalue weighted by atomic mass is 16.7. The van der Waals surface area contributed by atoms with Gasteiger partial charge in [0.2, 0.25) is 0 Å². The van der Waals surface area contributed by atoms with Crippen LogP contribution in [0.2, 0.25) is 0 Å². The lowest BCUT2D eigenvalue weighted by Crippen LogP contribution is -2.57. The fourth-order valence-electron chi connectivity index (χ4n) is 3.13. The van der Waals surface area contributed by atoms with Crippen LogP contribution in [-0.2, 0) is 16.0 Å². The van der Waals surface area contributed by atoms with Crippen LogP contribution < -0.4 is 5.32 Å². The number of pyridine rings is 1. The molecule has 5 atom stereocenters. The third kappa shape index (κ3) is 2.42. The summed E-state index contributed by atoms with van der Waals surface area (Å²) in [7, 11) is 0. The molecule has 2 saturated heterocycles. The lowest BCUT2D eigenvalue weighted by molar-refractivity contribution is -0.168. The summed E-state index contributed by atoms with van der Waals surface area (Å²) in [5.74, 6) is 0. The predicted molar refractivity (Wildman–Crippen MR) is 76.7 cm³/mol. The molecule has 0 saturated carbocycles. The second kappa shape index (κ2) is 5.77. The second-order valence-electron chi connectivity index (χ2n) is 5.61. The van der Waals surface area contributed by atoms with E-state index in [2.05, 4.69) is 15.4 Å². The fraction of sp³-hybridized carbons (Fsp3) is 0.467. The van der Waals surface area contributed by atoms with Gasteiger partial charge in [-0.3, -0.25) is 9.67 Å². The first-order valence-electron chi connectivity index (χ1n) is 7.39. The average molecular weight is 302 g/mol. The highest BCUT2D eigenvalue weighted by molar-refractivity contribution is 5.09. The summed E-state index contributed by atoms with van der Waals surface area (Å²) >= 11 is 0. The van der Waals surface area contributed by atoms with Crippen LogP contribution in [0.5, 0.6) is 0 Å². The minimum atomic E-state index is -0.636. The van der Waals surface area contributed by atoms with Crippen LogP contribution in [0.3, 0.4) is 0 Å². The van der Waals surface area contributed by atoms with Crippen LogP contribution >= 0.6 is 0 Å². The van der Waals surface area contributed by atoms with Gasteiger partial charge in [0, 0.05) is 31.3 Å². The minimum Gasteiger partial charge on any atom is -0.389 e. The maximum absolute atomic E-state index is 10.8. The Morgan fingerprint density at radius 3 is 3.09 bits per heavy atom. The normalized spacial score (nSPS) is 34.0. The zero-order valence-corrected chi connectivity index (χ0v) is 11.9. The van der Waals surface area contributed by atoms with Gasteiger partial charge in [-0.1, -0.05) is 6.07 Å². The minimum absolute atomic E-state index is 0.150. The molecule has 4 rings (SSSR count). The van der Waals surface area contributed by atoms with Crippen molar-refractivity contribution in [3.63, 3.8) is 0 Å². The largest absolute Gasteiger partial charge is 0.389 e. The molecule has 7 heteroatoms. The Morgan fingerprint density at radius 1 is 1.36 bits per heavy atom. The van der Waals surface area contributed by atoms with Crippen molar-refractivity contribution < 1.29 is 14.6 Å². The molecule has 0 spiro atoms. The Labute approximate surface area is 127 Å². The number of aliphatic hydroxyl groups excluding tert-OH is 1. The summed E-state index contributed by atoms with van der Waals surface area (Å²) in [6.07, 6.45) is 5.82. The van der Waals surface area contributed by atoms with Crippen LogP contribution in [0.15, 0.2) is 43.0 Å². The standard InChI is InChI=1S/C15H18N4O3/c20-14-12(17-8-10-3-1-4-16-7-10)11-9-21-15(22-11)13(14)19-6-2-5-18-19/h1-7,11-15,17,20H,8-9H2. The maximum atomic E-state index is 10.8. The number of rotatable bonds is 4. The molecule has 5 unspecified atom stereocenters. The van der Waals surface area contributed by atoms with E-state index in [4.69, 9.17) is 9.47 Å². The van der Waals surface area contributed by atoms with Gasteiger partial charge in [0.15, 0.2) is 6.29 Å². The van der Waals surface area contributed by atoms with Gasteiger partial charge in [0.05, 0.1) is 18.8 Å². The van der Waals surface area contributed by atoms with Crippen molar-refractivity contribution in [2.45, 2.75) is 37.1 Å². The number of nitrogens with zero attached hydrogens (tertiary/aromatic N) is 3. The van der Waals surface area contributed by atoms with E-state index in [1.165, 1.54) is 0 Å². The Hall–Kier alpha value is -1.80. The molecule has 0 radical (unpaired) electrons. The summed E-state index contributed by atoms with van der Waals surface area (Å²) in [6.45, 7) is 1.09. The van der Waals surface area contributed by atoms with E-state index in [-0.39, 0.29) is 18.2 Å². The molecule has 7 nitrogen and oxygen atoms in total. The molecule has 0 amide bonds. The van der Waals surface area contributed by atoms with Crippen LogP contribution in [0, 0.1) is 0 Å². The van der Waals surface area contributed by atoms with Gasteiger partial charge in [-0.05, 0) is 17.7 Å². The van der Waals surface area contributed by atoms with Gasteiger partial charge in [-0.2, -0.15) is 5.10 Å². The Kier molecular flexibility index (Phi) is 3.63. The predicted octanol–water partition coefficient (Wildman–Crippen LogP) is 0.0936. The van der Waals surface area contributed by atoms with Crippen molar-refractivity contribution in [1.29, 1.82) is 0 Å². The fourth-order valence-corrected chi connectivity index (χ4v) is 3.13. The summed E-state index contributed by atoms with van der Waals surface area (Å²) in [5.41, 5.74) is 1.06. The third-order valence-electron chi connectivity index (χ3n) is 4.23. The summed E-state index contributed by atoms with van der Waals surface area (Å²) in [5, 5.41) is 18.4. The van der Waals surface area contributed by atoms with Crippen molar-refractivity contribution in [2.75, 3.05) is 6.61 Å². The zero-order valence-electron chi connectivity index (χ0n) is 11.9. The van der Waals surface area contributed by atoms with Gasteiger partial charge in [-0.25, -0.2) is 0 Å². The highest BCUT2D eigenvalue weighted by Gasteiger charge is 2.50. The van der Waals surface area contributed by atoms with Crippen LogP contribution in [0.25, 0.3) is 0 Å². The molecular weight excluding hydrogens is 284 g/mol. The Bertz CT molecular complexity index is 607. The maximum Gasteiger partial charge on any atom is 0.183 e. The Balaban J connectivity index is 1.51. The van der Waals surface area contributed by atoms with E-state index in [1.807, 2.05) is 30.6 Å². The van der Waals surface area contributed by atoms with Gasteiger partial charge < -0.3 is 19.9 Å². The SMILES string of the molecule is OC1C(NCc2cccnc2)C2COC(O2)C1n1cccn1. The van der Waals surface area contributed by atoms with Crippen molar-refractivity contribution in [3.05, 3.63) is 48.5 Å². The summed E-state index contributed by atoms with van der Waals surface area (Å²) in [4.78, 5) is 4.10. The molecule has 2 N–H and O–H groups in total. The van der Waals surface area contributed by atoms with Crippen LogP contribution in [0.4, 0.5) is 0 Å². The molecule has 2 aliphatic heterocycles. The van der Waals surface area contributed by atoms with Crippen molar-refractivity contribution >= 4 is 0 Å². The average Bonchev–Trinajstić information content (AvgIpc) is 3.20. The van der Waals surface area contributed by atoms with Crippen LogP contribution in [-0.4, -0.2) is 51.0 Å².